The summed E-state index contributed by atoms with van der Waals surface area (Å²) in [6.07, 6.45) is 15.1. The summed E-state index contributed by atoms with van der Waals surface area (Å²) in [5.41, 5.74) is -1.23. The molecule has 0 heterocycles. The zero-order valence-corrected chi connectivity index (χ0v) is 17.9. The highest BCUT2D eigenvalue weighted by Crippen LogP contribution is 2.46. The zero-order chi connectivity index (χ0) is 21.1. The molecule has 5 heteroatoms. The molecule has 0 amide bonds. The number of carbonyl (C=O) groups is 1. The highest BCUT2D eigenvalue weighted by molar-refractivity contribution is 5.74. The second kappa shape index (κ2) is 12.3. The molecule has 2 rings (SSSR count). The minimum atomic E-state index is -2.56. The molecule has 1 saturated carbocycles. The van der Waals surface area contributed by atoms with Crippen molar-refractivity contribution in [2.45, 2.75) is 96.8 Å². The molecule has 0 aliphatic heterocycles. The predicted molar refractivity (Wildman–Crippen MR) is 112 cm³/mol. The van der Waals surface area contributed by atoms with Gasteiger partial charge in [0.05, 0.1) is 12.0 Å². The van der Waals surface area contributed by atoms with E-state index in [4.69, 9.17) is 4.74 Å². The van der Waals surface area contributed by atoms with Gasteiger partial charge in [0.15, 0.2) is 0 Å². The van der Waals surface area contributed by atoms with Crippen LogP contribution in [0.25, 0.3) is 0 Å². The van der Waals surface area contributed by atoms with Crippen LogP contribution in [0.2, 0.25) is 0 Å². The molecule has 0 aromatic heterocycles. The highest BCUT2D eigenvalue weighted by atomic mass is 19.3. The number of unbranched alkanes of at least 4 members (excludes halogenated alkanes) is 6. The minimum Gasteiger partial charge on any atom is -0.494 e. The molecule has 1 unspecified atom stereocenters. The van der Waals surface area contributed by atoms with Gasteiger partial charge in [-0.2, -0.15) is 0 Å². The first-order valence-corrected chi connectivity index (χ1v) is 11.5. The van der Waals surface area contributed by atoms with E-state index >= 15 is 0 Å². The van der Waals surface area contributed by atoms with Gasteiger partial charge in [-0.3, -0.25) is 4.79 Å². The standard InChI is InChI=1S/C24H38F2O3/c1-2-3-4-5-6-7-8-17-29-21-11-9-19(10-12-21)20-13-15-24(16-14-20,23(27)28)18-22(25)26/h9,11-12,19-20,22H,2-8,10,13-18H2,1H3,(H,27,28)/t19?,20-,24-. The van der Waals surface area contributed by atoms with E-state index in [1.54, 1.807) is 0 Å². The zero-order valence-electron chi connectivity index (χ0n) is 17.9. The number of hydrogen-bond acceptors (Lipinski definition) is 2. The highest BCUT2D eigenvalue weighted by Gasteiger charge is 2.44. The fraction of sp³-hybridized carbons (Fsp3) is 0.792. The first-order chi connectivity index (χ1) is 14.0. The lowest BCUT2D eigenvalue weighted by Crippen LogP contribution is -2.38. The number of hydrogen-bond donors (Lipinski definition) is 1. The lowest BCUT2D eigenvalue weighted by Gasteiger charge is -2.39. The molecule has 0 radical (unpaired) electrons. The van der Waals surface area contributed by atoms with Crippen LogP contribution in [0.3, 0.4) is 0 Å². The van der Waals surface area contributed by atoms with Gasteiger partial charge in [-0.15, -0.1) is 0 Å². The van der Waals surface area contributed by atoms with Crippen molar-refractivity contribution in [3.63, 3.8) is 0 Å². The summed E-state index contributed by atoms with van der Waals surface area (Å²) in [6, 6.07) is 0. The fourth-order valence-electron chi connectivity index (χ4n) is 4.74. The second-order valence-corrected chi connectivity index (χ2v) is 8.85. The van der Waals surface area contributed by atoms with Crippen molar-refractivity contribution >= 4 is 5.97 Å². The maximum absolute atomic E-state index is 12.8. The number of carboxylic acid groups (broad SMARTS) is 1. The number of ether oxygens (including phenoxy) is 1. The Morgan fingerprint density at radius 1 is 1.17 bits per heavy atom. The first kappa shape index (κ1) is 23.9. The second-order valence-electron chi connectivity index (χ2n) is 8.85. The van der Waals surface area contributed by atoms with Crippen LogP contribution >= 0.6 is 0 Å². The summed E-state index contributed by atoms with van der Waals surface area (Å²) in [7, 11) is 0. The Bertz CT molecular complexity index is 548. The smallest absolute Gasteiger partial charge is 0.309 e. The average Bonchev–Trinajstić information content (AvgIpc) is 2.70. The molecule has 2 aliphatic rings. The summed E-state index contributed by atoms with van der Waals surface area (Å²) in [5.74, 6) is 0.605. The van der Waals surface area contributed by atoms with E-state index in [9.17, 15) is 18.7 Å². The van der Waals surface area contributed by atoms with Gasteiger partial charge in [-0.05, 0) is 62.5 Å². The minimum absolute atomic E-state index is 0.354. The number of alkyl halides is 2. The van der Waals surface area contributed by atoms with Crippen LogP contribution in [0.15, 0.2) is 24.0 Å². The van der Waals surface area contributed by atoms with E-state index in [2.05, 4.69) is 19.1 Å². The third-order valence-corrected chi connectivity index (χ3v) is 6.71. The number of halogens is 2. The molecule has 0 aromatic rings. The SMILES string of the molecule is CCCCCCCCCOC1=CCC([C@H]2CC[C@](CC(F)F)(C(=O)O)CC2)C=C1. The number of allylic oxidation sites excluding steroid dienone is 3. The van der Waals surface area contributed by atoms with Crippen LogP contribution in [-0.2, 0) is 9.53 Å². The Balaban J connectivity index is 1.66. The lowest BCUT2D eigenvalue weighted by atomic mass is 9.65. The van der Waals surface area contributed by atoms with Crippen LogP contribution in [0, 0.1) is 17.3 Å². The molecule has 3 nitrogen and oxygen atoms in total. The van der Waals surface area contributed by atoms with E-state index in [0.29, 0.717) is 37.5 Å². The van der Waals surface area contributed by atoms with Crippen molar-refractivity contribution in [1.29, 1.82) is 0 Å². The molecular formula is C24H38F2O3. The van der Waals surface area contributed by atoms with Crippen LogP contribution < -0.4 is 0 Å². The van der Waals surface area contributed by atoms with Crippen molar-refractivity contribution in [3.8, 4) is 0 Å². The monoisotopic (exact) mass is 412 g/mol. The van der Waals surface area contributed by atoms with E-state index < -0.39 is 24.2 Å². The first-order valence-electron chi connectivity index (χ1n) is 11.5. The summed E-state index contributed by atoms with van der Waals surface area (Å²) < 4.78 is 31.6. The topological polar surface area (TPSA) is 46.5 Å². The van der Waals surface area contributed by atoms with Gasteiger partial charge < -0.3 is 9.84 Å². The van der Waals surface area contributed by atoms with Crippen molar-refractivity contribution < 1.29 is 23.4 Å². The van der Waals surface area contributed by atoms with Crippen molar-refractivity contribution in [3.05, 3.63) is 24.0 Å². The molecule has 0 spiro atoms. The molecular weight excluding hydrogens is 374 g/mol. The van der Waals surface area contributed by atoms with E-state index in [1.807, 2.05) is 6.08 Å². The lowest BCUT2D eigenvalue weighted by molar-refractivity contribution is -0.155. The molecule has 1 fully saturated rings. The fourth-order valence-corrected chi connectivity index (χ4v) is 4.74. The Morgan fingerprint density at radius 2 is 1.83 bits per heavy atom. The number of carboxylic acids is 1. The van der Waals surface area contributed by atoms with E-state index in [1.165, 1.54) is 38.5 Å². The van der Waals surface area contributed by atoms with E-state index in [0.717, 1.165) is 25.2 Å². The summed E-state index contributed by atoms with van der Waals surface area (Å²) in [6.45, 7) is 2.99. The molecule has 0 saturated heterocycles. The van der Waals surface area contributed by atoms with Gasteiger partial charge in [-0.25, -0.2) is 8.78 Å². The van der Waals surface area contributed by atoms with Gasteiger partial charge in [0.25, 0.3) is 0 Å². The quantitative estimate of drug-likeness (QED) is 0.327. The van der Waals surface area contributed by atoms with Crippen LogP contribution in [0.4, 0.5) is 8.78 Å². The van der Waals surface area contributed by atoms with Crippen molar-refractivity contribution in [2.24, 2.45) is 17.3 Å². The van der Waals surface area contributed by atoms with Crippen molar-refractivity contribution in [2.75, 3.05) is 6.61 Å². The van der Waals surface area contributed by atoms with Gasteiger partial charge in [0.1, 0.15) is 5.76 Å². The van der Waals surface area contributed by atoms with Crippen molar-refractivity contribution in [1.82, 2.24) is 0 Å². The Labute approximate surface area is 174 Å². The summed E-state index contributed by atoms with van der Waals surface area (Å²) >= 11 is 0. The van der Waals surface area contributed by atoms with Gasteiger partial charge in [0.2, 0.25) is 6.43 Å². The third-order valence-electron chi connectivity index (χ3n) is 6.71. The molecule has 29 heavy (non-hydrogen) atoms. The Kier molecular flexibility index (Phi) is 10.2. The molecule has 166 valence electrons. The third kappa shape index (κ3) is 7.75. The predicted octanol–water partition coefficient (Wildman–Crippen LogP) is 7.13. The molecule has 0 aromatic carbocycles. The maximum Gasteiger partial charge on any atom is 0.309 e. The molecule has 0 bridgehead atoms. The maximum atomic E-state index is 12.8. The summed E-state index contributed by atoms with van der Waals surface area (Å²) in [5, 5.41) is 9.47. The van der Waals surface area contributed by atoms with Crippen LogP contribution in [0.1, 0.15) is 90.4 Å². The molecule has 1 atom stereocenters. The van der Waals surface area contributed by atoms with Crippen LogP contribution in [-0.4, -0.2) is 24.1 Å². The molecule has 1 N–H and O–H groups in total. The average molecular weight is 413 g/mol. The Hall–Kier alpha value is -1.39. The molecule has 2 aliphatic carbocycles. The number of aliphatic carboxylic acids is 1. The van der Waals surface area contributed by atoms with Crippen LogP contribution in [0.5, 0.6) is 0 Å². The normalized spacial score (nSPS) is 27.1. The van der Waals surface area contributed by atoms with Gasteiger partial charge in [0, 0.05) is 6.42 Å². The van der Waals surface area contributed by atoms with Gasteiger partial charge in [-0.1, -0.05) is 51.5 Å². The largest absolute Gasteiger partial charge is 0.494 e. The van der Waals surface area contributed by atoms with E-state index in [-0.39, 0.29) is 0 Å². The number of rotatable bonds is 13. The van der Waals surface area contributed by atoms with Gasteiger partial charge >= 0.3 is 5.97 Å². The Morgan fingerprint density at radius 3 is 2.38 bits per heavy atom. The summed E-state index contributed by atoms with van der Waals surface area (Å²) in [4.78, 5) is 11.6.